The van der Waals surface area contributed by atoms with Crippen LogP contribution >= 0.6 is 11.3 Å². The van der Waals surface area contributed by atoms with Gasteiger partial charge in [0.1, 0.15) is 0 Å². The van der Waals surface area contributed by atoms with E-state index in [1.807, 2.05) is 0 Å². The quantitative estimate of drug-likeness (QED) is 0.516. The number of aromatic hydroxyl groups is 1. The standard InChI is InChI=1S/C3H4N2OS/c4-3-5-1-2(6)7-3/h1,6H,(H2,4,5). The van der Waals surface area contributed by atoms with Gasteiger partial charge in [-0.25, -0.2) is 4.98 Å². The third-order valence-electron chi connectivity index (χ3n) is 0.511. The van der Waals surface area contributed by atoms with E-state index >= 15 is 0 Å². The monoisotopic (exact) mass is 116 g/mol. The van der Waals surface area contributed by atoms with E-state index in [2.05, 4.69) is 4.98 Å². The molecule has 1 aromatic rings. The van der Waals surface area contributed by atoms with Crippen molar-refractivity contribution in [3.8, 4) is 5.06 Å². The van der Waals surface area contributed by atoms with Gasteiger partial charge in [0, 0.05) is 0 Å². The van der Waals surface area contributed by atoms with Crippen LogP contribution in [0.2, 0.25) is 0 Å². The summed E-state index contributed by atoms with van der Waals surface area (Å²) < 4.78 is 0. The number of nitrogens with zero attached hydrogens (tertiary/aromatic N) is 1. The van der Waals surface area contributed by atoms with Crippen LogP contribution in [0.4, 0.5) is 5.13 Å². The molecule has 0 saturated heterocycles. The molecule has 1 heterocycles. The van der Waals surface area contributed by atoms with Gasteiger partial charge < -0.3 is 10.8 Å². The third kappa shape index (κ3) is 0.806. The summed E-state index contributed by atoms with van der Waals surface area (Å²) in [5.74, 6) is 0. The fourth-order valence-corrected chi connectivity index (χ4v) is 0.704. The molecule has 4 heteroatoms. The van der Waals surface area contributed by atoms with Crippen molar-refractivity contribution in [2.75, 3.05) is 5.73 Å². The Balaban J connectivity index is 3.04. The Morgan fingerprint density at radius 2 is 2.57 bits per heavy atom. The highest BCUT2D eigenvalue weighted by molar-refractivity contribution is 7.17. The molecule has 0 aliphatic carbocycles. The predicted octanol–water partition coefficient (Wildman–Crippen LogP) is 0.431. The molecule has 0 aromatic carbocycles. The minimum absolute atomic E-state index is 0.164. The van der Waals surface area contributed by atoms with E-state index in [0.29, 0.717) is 5.13 Å². The minimum Gasteiger partial charge on any atom is -0.498 e. The number of nitrogens with two attached hydrogens (primary N) is 1. The van der Waals surface area contributed by atoms with Crippen LogP contribution in [0.15, 0.2) is 6.20 Å². The van der Waals surface area contributed by atoms with Gasteiger partial charge in [-0.2, -0.15) is 0 Å². The molecule has 0 aliphatic heterocycles. The van der Waals surface area contributed by atoms with E-state index in [4.69, 9.17) is 10.8 Å². The average Bonchev–Trinajstić information content (AvgIpc) is 1.87. The normalized spacial score (nSPS) is 9.14. The molecular formula is C3H4N2OS. The summed E-state index contributed by atoms with van der Waals surface area (Å²) in [5.41, 5.74) is 5.13. The van der Waals surface area contributed by atoms with Gasteiger partial charge in [-0.05, 0) is 0 Å². The highest BCUT2D eigenvalue weighted by Crippen LogP contribution is 2.19. The Kier molecular flexibility index (Phi) is 0.867. The van der Waals surface area contributed by atoms with E-state index in [1.165, 1.54) is 6.20 Å². The maximum absolute atomic E-state index is 8.53. The van der Waals surface area contributed by atoms with Gasteiger partial charge in [0.25, 0.3) is 0 Å². The Labute approximate surface area is 44.4 Å². The van der Waals surface area contributed by atoms with E-state index in [1.54, 1.807) is 0 Å². The number of hydrogen-bond donors (Lipinski definition) is 2. The van der Waals surface area contributed by atoms with E-state index < -0.39 is 0 Å². The summed E-state index contributed by atoms with van der Waals surface area (Å²) in [6.45, 7) is 0. The fraction of sp³-hybridized carbons (Fsp3) is 0. The SMILES string of the molecule is Nc1ncc(O)s1. The van der Waals surface area contributed by atoms with Gasteiger partial charge in [0.2, 0.25) is 0 Å². The second-order valence-electron chi connectivity index (χ2n) is 1.04. The summed E-state index contributed by atoms with van der Waals surface area (Å²) in [6.07, 6.45) is 1.32. The summed E-state index contributed by atoms with van der Waals surface area (Å²) >= 11 is 1.06. The van der Waals surface area contributed by atoms with Crippen LogP contribution in [0.25, 0.3) is 0 Å². The zero-order valence-corrected chi connectivity index (χ0v) is 4.27. The third-order valence-corrected chi connectivity index (χ3v) is 1.14. The topological polar surface area (TPSA) is 59.1 Å². The fourth-order valence-electron chi connectivity index (χ4n) is 0.279. The molecule has 0 atom stereocenters. The number of anilines is 1. The first kappa shape index (κ1) is 4.39. The zero-order chi connectivity index (χ0) is 5.28. The molecule has 7 heavy (non-hydrogen) atoms. The molecule has 1 rings (SSSR count). The second-order valence-corrected chi connectivity index (χ2v) is 2.08. The molecule has 0 fully saturated rings. The van der Waals surface area contributed by atoms with Crippen LogP contribution in [-0.4, -0.2) is 10.1 Å². The number of aromatic nitrogens is 1. The molecule has 0 saturated carbocycles. The van der Waals surface area contributed by atoms with Crippen LogP contribution in [0.1, 0.15) is 0 Å². The Morgan fingerprint density at radius 3 is 2.71 bits per heavy atom. The summed E-state index contributed by atoms with van der Waals surface area (Å²) in [4.78, 5) is 3.56. The smallest absolute Gasteiger partial charge is 0.193 e. The van der Waals surface area contributed by atoms with Crippen molar-refractivity contribution >= 4 is 16.5 Å². The number of hydrogen-bond acceptors (Lipinski definition) is 4. The Bertz CT molecular complexity index is 145. The molecule has 0 radical (unpaired) electrons. The summed E-state index contributed by atoms with van der Waals surface area (Å²) in [6, 6.07) is 0. The van der Waals surface area contributed by atoms with Gasteiger partial charge in [-0.3, -0.25) is 0 Å². The van der Waals surface area contributed by atoms with Crippen molar-refractivity contribution in [1.29, 1.82) is 0 Å². The molecule has 38 valence electrons. The first-order valence-electron chi connectivity index (χ1n) is 1.69. The maximum Gasteiger partial charge on any atom is 0.193 e. The van der Waals surface area contributed by atoms with Crippen molar-refractivity contribution < 1.29 is 5.11 Å². The lowest BCUT2D eigenvalue weighted by Gasteiger charge is -1.70. The minimum atomic E-state index is 0.164. The first-order valence-corrected chi connectivity index (χ1v) is 2.51. The van der Waals surface area contributed by atoms with E-state index in [9.17, 15) is 0 Å². The Morgan fingerprint density at radius 1 is 1.86 bits per heavy atom. The molecule has 0 unspecified atom stereocenters. The van der Waals surface area contributed by atoms with Gasteiger partial charge in [-0.15, -0.1) is 0 Å². The number of rotatable bonds is 0. The molecule has 0 bridgehead atoms. The highest BCUT2D eigenvalue weighted by atomic mass is 32.1. The van der Waals surface area contributed by atoms with Crippen LogP contribution in [0, 0.1) is 0 Å². The van der Waals surface area contributed by atoms with Crippen molar-refractivity contribution in [2.24, 2.45) is 0 Å². The van der Waals surface area contributed by atoms with Gasteiger partial charge in [0.15, 0.2) is 10.2 Å². The van der Waals surface area contributed by atoms with Gasteiger partial charge in [0.05, 0.1) is 6.20 Å². The summed E-state index contributed by atoms with van der Waals surface area (Å²) in [7, 11) is 0. The maximum atomic E-state index is 8.53. The number of nitrogen functional groups attached to an aromatic ring is 1. The molecule has 0 spiro atoms. The molecule has 3 nitrogen and oxygen atoms in total. The van der Waals surface area contributed by atoms with E-state index in [0.717, 1.165) is 11.3 Å². The lowest BCUT2D eigenvalue weighted by molar-refractivity contribution is 0.489. The van der Waals surface area contributed by atoms with Crippen molar-refractivity contribution in [3.63, 3.8) is 0 Å². The molecule has 0 amide bonds. The highest BCUT2D eigenvalue weighted by Gasteiger charge is 1.89. The van der Waals surface area contributed by atoms with Crippen LogP contribution in [0.3, 0.4) is 0 Å². The largest absolute Gasteiger partial charge is 0.498 e. The zero-order valence-electron chi connectivity index (χ0n) is 3.46. The average molecular weight is 116 g/mol. The van der Waals surface area contributed by atoms with Crippen molar-refractivity contribution in [3.05, 3.63) is 6.20 Å². The molecule has 1 aromatic heterocycles. The van der Waals surface area contributed by atoms with Crippen LogP contribution in [0.5, 0.6) is 5.06 Å². The van der Waals surface area contributed by atoms with Crippen molar-refractivity contribution in [1.82, 2.24) is 4.98 Å². The summed E-state index contributed by atoms with van der Waals surface area (Å²) in [5, 5.41) is 9.09. The van der Waals surface area contributed by atoms with Crippen molar-refractivity contribution in [2.45, 2.75) is 0 Å². The van der Waals surface area contributed by atoms with Crippen LogP contribution in [-0.2, 0) is 0 Å². The second kappa shape index (κ2) is 1.38. The van der Waals surface area contributed by atoms with Gasteiger partial charge >= 0.3 is 0 Å². The first-order chi connectivity index (χ1) is 3.29. The van der Waals surface area contributed by atoms with E-state index in [-0.39, 0.29) is 5.06 Å². The lowest BCUT2D eigenvalue weighted by atomic mass is 10.9. The Hall–Kier alpha value is -0.770. The molecule has 3 N–H and O–H groups in total. The van der Waals surface area contributed by atoms with Crippen LogP contribution < -0.4 is 5.73 Å². The number of thiazole rings is 1. The lowest BCUT2D eigenvalue weighted by Crippen LogP contribution is -1.77. The molecule has 0 aliphatic rings. The predicted molar refractivity (Wildman–Crippen MR) is 28.2 cm³/mol. The van der Waals surface area contributed by atoms with Gasteiger partial charge in [-0.1, -0.05) is 11.3 Å². The molecular weight excluding hydrogens is 112 g/mol.